The summed E-state index contributed by atoms with van der Waals surface area (Å²) in [6, 6.07) is 1.28. The maximum Gasteiger partial charge on any atom is 0.246 e. The van der Waals surface area contributed by atoms with Crippen LogP contribution in [-0.4, -0.2) is 49.7 Å². The van der Waals surface area contributed by atoms with Crippen LogP contribution in [0.3, 0.4) is 0 Å². The van der Waals surface area contributed by atoms with Crippen LogP contribution in [0.1, 0.15) is 20.3 Å². The average molecular weight is 364 g/mol. The van der Waals surface area contributed by atoms with Gasteiger partial charge in [-0.05, 0) is 18.1 Å². The molecule has 2 rings (SSSR count). The van der Waals surface area contributed by atoms with Crippen molar-refractivity contribution in [3.05, 3.63) is 29.6 Å². The van der Waals surface area contributed by atoms with Gasteiger partial charge in [0, 0.05) is 32.6 Å². The van der Waals surface area contributed by atoms with Gasteiger partial charge in [-0.15, -0.1) is 0 Å². The molecule has 0 unspecified atom stereocenters. The number of carbonyl (C=O) groups is 1. The summed E-state index contributed by atoms with van der Waals surface area (Å²) in [5.74, 6) is -4.87. The molecule has 1 heterocycles. The standard InChI is InChI=1S/C15H19F3N2O3S/c1-10(2)9-13(21)19-5-7-20(8-6-19)24(22,23)12-4-3-11(16)14(17)15(12)18/h3-4,10H,5-9H2,1-2H3. The molecule has 1 aliphatic rings. The molecule has 0 radical (unpaired) electrons. The number of halogens is 3. The molecule has 1 fully saturated rings. The van der Waals surface area contributed by atoms with E-state index in [0.717, 1.165) is 4.31 Å². The summed E-state index contributed by atoms with van der Waals surface area (Å²) in [6.45, 7) is 4.12. The van der Waals surface area contributed by atoms with Crippen LogP contribution in [0.4, 0.5) is 13.2 Å². The first-order valence-corrected chi connectivity index (χ1v) is 9.00. The number of sulfonamides is 1. The summed E-state index contributed by atoms with van der Waals surface area (Å²) in [7, 11) is -4.29. The van der Waals surface area contributed by atoms with Crippen LogP contribution in [0.15, 0.2) is 17.0 Å². The monoisotopic (exact) mass is 364 g/mol. The molecule has 0 aromatic heterocycles. The third-order valence-electron chi connectivity index (χ3n) is 3.79. The normalized spacial score (nSPS) is 16.7. The minimum Gasteiger partial charge on any atom is -0.340 e. The van der Waals surface area contributed by atoms with Gasteiger partial charge in [-0.25, -0.2) is 21.6 Å². The largest absolute Gasteiger partial charge is 0.340 e. The maximum absolute atomic E-state index is 13.8. The van der Waals surface area contributed by atoms with E-state index in [4.69, 9.17) is 0 Å². The third kappa shape index (κ3) is 3.72. The van der Waals surface area contributed by atoms with Crippen LogP contribution in [0, 0.1) is 23.4 Å². The molecular formula is C15H19F3N2O3S. The van der Waals surface area contributed by atoms with E-state index in [2.05, 4.69) is 0 Å². The average Bonchev–Trinajstić information content (AvgIpc) is 2.52. The van der Waals surface area contributed by atoms with Gasteiger partial charge in [-0.3, -0.25) is 4.79 Å². The molecular weight excluding hydrogens is 345 g/mol. The predicted octanol–water partition coefficient (Wildman–Crippen LogP) is 1.98. The number of benzene rings is 1. The number of carbonyl (C=O) groups excluding carboxylic acids is 1. The van der Waals surface area contributed by atoms with Crippen molar-refractivity contribution >= 4 is 15.9 Å². The van der Waals surface area contributed by atoms with Crippen molar-refractivity contribution in [2.45, 2.75) is 25.2 Å². The van der Waals surface area contributed by atoms with Gasteiger partial charge >= 0.3 is 0 Å². The van der Waals surface area contributed by atoms with Crippen molar-refractivity contribution < 1.29 is 26.4 Å². The lowest BCUT2D eigenvalue weighted by atomic mass is 10.1. The van der Waals surface area contributed by atoms with Crippen LogP contribution in [-0.2, 0) is 14.8 Å². The minimum atomic E-state index is -4.29. The Hall–Kier alpha value is -1.61. The molecule has 134 valence electrons. The van der Waals surface area contributed by atoms with Gasteiger partial charge in [0.1, 0.15) is 4.90 Å². The molecule has 0 aliphatic carbocycles. The van der Waals surface area contributed by atoms with Crippen LogP contribution in [0.5, 0.6) is 0 Å². The minimum absolute atomic E-state index is 0.0232. The fourth-order valence-corrected chi connectivity index (χ4v) is 3.98. The van der Waals surface area contributed by atoms with Gasteiger partial charge < -0.3 is 4.90 Å². The zero-order valence-electron chi connectivity index (χ0n) is 13.4. The Morgan fingerprint density at radius 1 is 1.08 bits per heavy atom. The van der Waals surface area contributed by atoms with Gasteiger partial charge in [0.25, 0.3) is 0 Å². The van der Waals surface area contributed by atoms with Gasteiger partial charge in [-0.1, -0.05) is 13.8 Å². The van der Waals surface area contributed by atoms with E-state index in [1.54, 1.807) is 4.90 Å². The first-order chi connectivity index (χ1) is 11.1. The van der Waals surface area contributed by atoms with E-state index in [-0.39, 0.29) is 38.0 Å². The second-order valence-electron chi connectivity index (χ2n) is 6.06. The van der Waals surface area contributed by atoms with E-state index in [9.17, 15) is 26.4 Å². The Balaban J connectivity index is 2.14. The van der Waals surface area contributed by atoms with E-state index >= 15 is 0 Å². The summed E-state index contributed by atoms with van der Waals surface area (Å²) in [5.41, 5.74) is 0. The second-order valence-corrected chi connectivity index (χ2v) is 7.96. The fraction of sp³-hybridized carbons (Fsp3) is 0.533. The van der Waals surface area contributed by atoms with E-state index < -0.39 is 32.4 Å². The molecule has 9 heteroatoms. The van der Waals surface area contributed by atoms with Crippen molar-refractivity contribution in [3.8, 4) is 0 Å². The van der Waals surface area contributed by atoms with Crippen molar-refractivity contribution in [1.82, 2.24) is 9.21 Å². The third-order valence-corrected chi connectivity index (χ3v) is 5.71. The molecule has 24 heavy (non-hydrogen) atoms. The number of amides is 1. The van der Waals surface area contributed by atoms with Gasteiger partial charge in [0.2, 0.25) is 15.9 Å². The van der Waals surface area contributed by atoms with Gasteiger partial charge in [-0.2, -0.15) is 4.31 Å². The van der Waals surface area contributed by atoms with Crippen LogP contribution >= 0.6 is 0 Å². The van der Waals surface area contributed by atoms with Gasteiger partial charge in [0.15, 0.2) is 17.5 Å². The summed E-state index contributed by atoms with van der Waals surface area (Å²) in [4.78, 5) is 12.6. The van der Waals surface area contributed by atoms with Crippen molar-refractivity contribution in [1.29, 1.82) is 0 Å². The zero-order valence-corrected chi connectivity index (χ0v) is 14.2. The highest BCUT2D eigenvalue weighted by Crippen LogP contribution is 2.24. The number of piperazine rings is 1. The molecule has 1 aromatic carbocycles. The molecule has 0 spiro atoms. The number of hydrogen-bond acceptors (Lipinski definition) is 3. The van der Waals surface area contributed by atoms with Crippen molar-refractivity contribution in [3.63, 3.8) is 0 Å². The summed E-state index contributed by atoms with van der Waals surface area (Å²) in [6.07, 6.45) is 0.366. The lowest BCUT2D eigenvalue weighted by molar-refractivity contribution is -0.133. The Kier molecular flexibility index (Phi) is 5.54. The fourth-order valence-electron chi connectivity index (χ4n) is 2.50. The molecule has 1 amide bonds. The van der Waals surface area contributed by atoms with Crippen molar-refractivity contribution in [2.75, 3.05) is 26.2 Å². The first-order valence-electron chi connectivity index (χ1n) is 7.56. The molecule has 0 atom stereocenters. The topological polar surface area (TPSA) is 57.7 Å². The number of hydrogen-bond donors (Lipinski definition) is 0. The first kappa shape index (κ1) is 18.7. The summed E-state index contributed by atoms with van der Waals surface area (Å²) < 4.78 is 65.8. The van der Waals surface area contributed by atoms with Gasteiger partial charge in [0.05, 0.1) is 0 Å². The van der Waals surface area contributed by atoms with Crippen LogP contribution < -0.4 is 0 Å². The highest BCUT2D eigenvalue weighted by Gasteiger charge is 2.33. The Morgan fingerprint density at radius 2 is 1.67 bits per heavy atom. The lowest BCUT2D eigenvalue weighted by Crippen LogP contribution is -2.50. The highest BCUT2D eigenvalue weighted by atomic mass is 32.2. The summed E-state index contributed by atoms with van der Waals surface area (Å²) >= 11 is 0. The molecule has 0 N–H and O–H groups in total. The highest BCUT2D eigenvalue weighted by molar-refractivity contribution is 7.89. The quantitative estimate of drug-likeness (QED) is 0.768. The lowest BCUT2D eigenvalue weighted by Gasteiger charge is -2.34. The van der Waals surface area contributed by atoms with E-state index in [1.807, 2.05) is 13.8 Å². The molecule has 1 aliphatic heterocycles. The molecule has 0 bridgehead atoms. The molecule has 0 saturated carbocycles. The van der Waals surface area contributed by atoms with E-state index in [1.165, 1.54) is 0 Å². The number of rotatable bonds is 4. The Morgan fingerprint density at radius 3 is 2.21 bits per heavy atom. The maximum atomic E-state index is 13.8. The summed E-state index contributed by atoms with van der Waals surface area (Å²) in [5, 5.41) is 0. The SMILES string of the molecule is CC(C)CC(=O)N1CCN(S(=O)(=O)c2ccc(F)c(F)c2F)CC1. The Bertz CT molecular complexity index is 730. The van der Waals surface area contributed by atoms with Crippen LogP contribution in [0.2, 0.25) is 0 Å². The Labute approximate surface area is 139 Å². The zero-order chi connectivity index (χ0) is 18.1. The molecule has 5 nitrogen and oxygen atoms in total. The van der Waals surface area contributed by atoms with E-state index in [0.29, 0.717) is 18.6 Å². The molecule has 1 aromatic rings. The smallest absolute Gasteiger partial charge is 0.246 e. The predicted molar refractivity (Wildman–Crippen MR) is 81.1 cm³/mol. The number of nitrogens with zero attached hydrogens (tertiary/aromatic N) is 2. The molecule has 1 saturated heterocycles. The van der Waals surface area contributed by atoms with Crippen molar-refractivity contribution in [2.24, 2.45) is 5.92 Å². The second kappa shape index (κ2) is 7.10. The van der Waals surface area contributed by atoms with Crippen LogP contribution in [0.25, 0.3) is 0 Å².